The first kappa shape index (κ1) is 32.6. The zero-order valence-corrected chi connectivity index (χ0v) is 26.4. The van der Waals surface area contributed by atoms with Crippen molar-refractivity contribution in [1.82, 2.24) is 25.3 Å². The minimum atomic E-state index is -0.702. The average molecular weight is 629 g/mol. The number of benzene rings is 1. The maximum Gasteiger partial charge on any atom is 0.439 e. The number of carbonyl (C=O) groups excluding carboxylic acids is 3. The lowest BCUT2D eigenvalue weighted by atomic mass is 9.78. The Labute approximate surface area is 262 Å². The van der Waals surface area contributed by atoms with Gasteiger partial charge in [-0.15, -0.1) is 0 Å². The summed E-state index contributed by atoms with van der Waals surface area (Å²) in [5.74, 6) is -0.970. The second-order valence-electron chi connectivity index (χ2n) is 13.5. The Morgan fingerprint density at radius 2 is 1.73 bits per heavy atom. The van der Waals surface area contributed by atoms with E-state index in [4.69, 9.17) is 4.74 Å². The van der Waals surface area contributed by atoms with Crippen molar-refractivity contribution >= 4 is 23.6 Å². The lowest BCUT2D eigenvalue weighted by Gasteiger charge is -2.38. The van der Waals surface area contributed by atoms with Crippen molar-refractivity contribution < 1.29 is 28.0 Å². The smallest absolute Gasteiger partial charge is 0.439 e. The molecule has 5 rings (SSSR count). The van der Waals surface area contributed by atoms with Crippen LogP contribution >= 0.6 is 0 Å². The second-order valence-corrected chi connectivity index (χ2v) is 13.5. The largest absolute Gasteiger partial charge is 0.444 e. The highest BCUT2D eigenvalue weighted by Gasteiger charge is 2.46. The zero-order valence-electron chi connectivity index (χ0n) is 26.4. The lowest BCUT2D eigenvalue weighted by Crippen LogP contribution is -2.55. The molecule has 13 heteroatoms. The van der Waals surface area contributed by atoms with E-state index in [-0.39, 0.29) is 29.7 Å². The number of aromatic amines is 1. The van der Waals surface area contributed by atoms with Crippen LogP contribution in [-0.4, -0.2) is 87.9 Å². The summed E-state index contributed by atoms with van der Waals surface area (Å²) in [5, 5.41) is 9.40. The number of ether oxygens (including phenoxy) is 1. The van der Waals surface area contributed by atoms with E-state index in [1.807, 2.05) is 0 Å². The summed E-state index contributed by atoms with van der Waals surface area (Å²) in [6, 6.07) is 5.54. The predicted molar refractivity (Wildman–Crippen MR) is 165 cm³/mol. The van der Waals surface area contributed by atoms with Crippen LogP contribution in [0, 0.1) is 11.8 Å². The molecule has 1 aromatic heterocycles. The highest BCUT2D eigenvalue weighted by atomic mass is 19.1. The molecule has 1 aliphatic carbocycles. The molecule has 1 aromatic carbocycles. The highest BCUT2D eigenvalue weighted by molar-refractivity contribution is 5.98. The molecule has 246 valence electrons. The number of nitrogens with one attached hydrogen (secondary N) is 3. The van der Waals surface area contributed by atoms with Gasteiger partial charge in [0.05, 0.1) is 6.04 Å². The summed E-state index contributed by atoms with van der Waals surface area (Å²) in [4.78, 5) is 58.1. The predicted octanol–water partition coefficient (Wildman–Crippen LogP) is 4.09. The Bertz CT molecular complexity index is 1370. The first-order chi connectivity index (χ1) is 21.5. The Hall–Kier alpha value is -3.74. The first-order valence-corrected chi connectivity index (χ1v) is 16.1. The fourth-order valence-electron chi connectivity index (χ4n) is 7.00. The number of halogens is 1. The van der Waals surface area contributed by atoms with Crippen LogP contribution in [0.5, 0.6) is 0 Å². The number of hydrogen-bond acceptors (Lipinski definition) is 8. The van der Waals surface area contributed by atoms with Gasteiger partial charge in [-0.2, -0.15) is 0 Å². The molecule has 0 spiro atoms. The summed E-state index contributed by atoms with van der Waals surface area (Å²) in [6.07, 6.45) is 5.73. The minimum absolute atomic E-state index is 0.0321. The number of rotatable bonds is 8. The molecular formula is C32H45FN6O6. The second kappa shape index (κ2) is 14.1. The third-order valence-electron chi connectivity index (χ3n) is 9.20. The quantitative estimate of drug-likeness (QED) is 0.396. The molecule has 3 atom stereocenters. The molecule has 2 saturated heterocycles. The van der Waals surface area contributed by atoms with Crippen molar-refractivity contribution in [3.63, 3.8) is 0 Å². The fraction of sp³-hybridized carbons (Fsp3) is 0.656. The number of anilines is 1. The van der Waals surface area contributed by atoms with Crippen LogP contribution in [-0.2, 0) is 14.3 Å². The molecule has 3 aliphatic rings. The number of piperidine rings is 1. The molecule has 12 nitrogen and oxygen atoms in total. The SMILES string of the molecule is CC(C)(C)OC(=O)N[C@H](CF)C1CCC(C(=O)N2CC[C@H](N3CCCCC3)[C@@H]2C(=O)Nc2ccc(-c3noc(=O)[nH]3)cc2)CC1. The molecule has 3 fully saturated rings. The van der Waals surface area contributed by atoms with Gasteiger partial charge in [-0.05, 0) is 109 Å². The van der Waals surface area contributed by atoms with E-state index in [0.29, 0.717) is 49.3 Å². The molecule has 1 saturated carbocycles. The molecular weight excluding hydrogens is 583 g/mol. The lowest BCUT2D eigenvalue weighted by molar-refractivity contribution is -0.142. The van der Waals surface area contributed by atoms with Crippen LogP contribution in [0.2, 0.25) is 0 Å². The van der Waals surface area contributed by atoms with Crippen molar-refractivity contribution in [2.45, 2.75) is 95.9 Å². The molecule has 3 N–H and O–H groups in total. The standard InChI is InChI=1S/C32H45FN6O6/c1-32(2,3)44-30(42)35-24(19-33)20-7-9-22(10-8-20)29(41)39-18-15-25(38-16-5-4-6-17-38)26(39)28(40)34-23-13-11-21(12-14-23)27-36-31(43)45-37-27/h11-14,20,22,24-26H,4-10,15-19H2,1-3H3,(H,34,40)(H,35,42)(H,36,37,43)/t20?,22?,24-,25+,26-/m1/s1. The molecule has 2 aromatic rings. The van der Waals surface area contributed by atoms with E-state index in [0.717, 1.165) is 38.8 Å². The van der Waals surface area contributed by atoms with Gasteiger partial charge in [-0.1, -0.05) is 11.6 Å². The average Bonchev–Trinajstić information content (AvgIpc) is 3.66. The van der Waals surface area contributed by atoms with E-state index in [9.17, 15) is 23.6 Å². The molecule has 2 aliphatic heterocycles. The number of alkyl halides is 1. The van der Waals surface area contributed by atoms with E-state index in [2.05, 4.69) is 30.2 Å². The molecule has 45 heavy (non-hydrogen) atoms. The molecule has 3 amide bonds. The maximum atomic E-state index is 14.0. The van der Waals surface area contributed by atoms with Crippen LogP contribution in [0.3, 0.4) is 0 Å². The van der Waals surface area contributed by atoms with E-state index in [1.165, 1.54) is 0 Å². The molecule has 0 unspecified atom stereocenters. The summed E-state index contributed by atoms with van der Waals surface area (Å²) in [7, 11) is 0. The summed E-state index contributed by atoms with van der Waals surface area (Å²) < 4.78 is 23.9. The number of H-pyrrole nitrogens is 1. The van der Waals surface area contributed by atoms with Crippen molar-refractivity contribution in [3.8, 4) is 11.4 Å². The number of nitrogens with zero attached hydrogens (tertiary/aromatic N) is 3. The number of likely N-dealkylation sites (tertiary alicyclic amines) is 2. The van der Waals surface area contributed by atoms with Gasteiger partial charge in [-0.3, -0.25) is 24.0 Å². The third kappa shape index (κ3) is 8.11. The van der Waals surface area contributed by atoms with Gasteiger partial charge in [0.15, 0.2) is 5.82 Å². The minimum Gasteiger partial charge on any atom is -0.444 e. The Balaban J connectivity index is 1.24. The van der Waals surface area contributed by atoms with Crippen LogP contribution in [0.15, 0.2) is 33.6 Å². The number of carbonyl (C=O) groups is 3. The van der Waals surface area contributed by atoms with Crippen molar-refractivity contribution in [2.24, 2.45) is 11.8 Å². The first-order valence-electron chi connectivity index (χ1n) is 16.1. The molecule has 0 bridgehead atoms. The monoisotopic (exact) mass is 628 g/mol. The Kier molecular flexibility index (Phi) is 10.3. The van der Waals surface area contributed by atoms with Crippen molar-refractivity contribution in [1.29, 1.82) is 0 Å². The van der Waals surface area contributed by atoms with E-state index in [1.54, 1.807) is 49.9 Å². The van der Waals surface area contributed by atoms with Crippen LogP contribution in [0.25, 0.3) is 11.4 Å². The number of aromatic nitrogens is 2. The Morgan fingerprint density at radius 1 is 1.04 bits per heavy atom. The van der Waals surface area contributed by atoms with Gasteiger partial charge >= 0.3 is 11.8 Å². The van der Waals surface area contributed by atoms with Gasteiger partial charge in [-0.25, -0.2) is 14.0 Å². The van der Waals surface area contributed by atoms with Gasteiger partial charge in [0.1, 0.15) is 18.3 Å². The van der Waals surface area contributed by atoms with Gasteiger partial charge < -0.3 is 20.3 Å². The maximum absolute atomic E-state index is 14.0. The summed E-state index contributed by atoms with van der Waals surface area (Å²) >= 11 is 0. The van der Waals surface area contributed by atoms with Crippen LogP contribution < -0.4 is 16.4 Å². The molecule has 3 heterocycles. The third-order valence-corrected chi connectivity index (χ3v) is 9.20. The topological polar surface area (TPSA) is 150 Å². The van der Waals surface area contributed by atoms with Gasteiger partial charge in [0, 0.05) is 29.8 Å². The van der Waals surface area contributed by atoms with E-state index < -0.39 is 36.2 Å². The van der Waals surface area contributed by atoms with Crippen LogP contribution in [0.4, 0.5) is 14.9 Å². The Morgan fingerprint density at radius 3 is 2.33 bits per heavy atom. The summed E-state index contributed by atoms with van der Waals surface area (Å²) in [6.45, 7) is 6.89. The molecule has 0 radical (unpaired) electrons. The number of alkyl carbamates (subject to hydrolysis) is 1. The number of hydrogen-bond donors (Lipinski definition) is 3. The number of amides is 3. The van der Waals surface area contributed by atoms with Crippen LogP contribution in [0.1, 0.15) is 72.1 Å². The summed E-state index contributed by atoms with van der Waals surface area (Å²) in [5.41, 5.74) is 0.527. The zero-order chi connectivity index (χ0) is 32.1. The van der Waals surface area contributed by atoms with Gasteiger partial charge in [0.25, 0.3) is 0 Å². The normalized spacial score (nSPS) is 25.0. The van der Waals surface area contributed by atoms with Crippen molar-refractivity contribution in [2.75, 3.05) is 31.6 Å². The van der Waals surface area contributed by atoms with E-state index >= 15 is 0 Å². The fourth-order valence-corrected chi connectivity index (χ4v) is 7.00. The van der Waals surface area contributed by atoms with Crippen molar-refractivity contribution in [3.05, 3.63) is 34.8 Å². The highest BCUT2D eigenvalue weighted by Crippen LogP contribution is 2.35. The van der Waals surface area contributed by atoms with Gasteiger partial charge in [0.2, 0.25) is 11.8 Å².